The fraction of sp³-hybridized carbons (Fsp3) is 0.500. The smallest absolute Gasteiger partial charge is 0.486 e. The third-order valence-electron chi connectivity index (χ3n) is 8.20. The summed E-state index contributed by atoms with van der Waals surface area (Å²) in [7, 11) is -5.28. The Morgan fingerprint density at radius 3 is 2.28 bits per heavy atom. The average molecular weight is 567 g/mol. The lowest BCUT2D eigenvalue weighted by molar-refractivity contribution is -0.147. The molecule has 39 heavy (non-hydrogen) atoms. The van der Waals surface area contributed by atoms with Crippen LogP contribution in [0, 0.1) is 11.8 Å². The van der Waals surface area contributed by atoms with E-state index in [4.69, 9.17) is 14.0 Å². The van der Waals surface area contributed by atoms with E-state index < -0.39 is 63.0 Å². The number of benzene rings is 2. The highest BCUT2D eigenvalue weighted by Gasteiger charge is 2.52. The molecule has 0 bridgehead atoms. The maximum atomic E-state index is 13.9. The molecule has 210 valence electrons. The number of halogens is 3. The van der Waals surface area contributed by atoms with E-state index in [-0.39, 0.29) is 23.9 Å². The third kappa shape index (κ3) is 4.89. The topological polar surface area (TPSA) is 102 Å². The molecule has 2 aromatic carbocycles. The van der Waals surface area contributed by atoms with Crippen LogP contribution in [0.3, 0.4) is 0 Å². The molecule has 2 aromatic rings. The molecule has 1 aliphatic carbocycles. The van der Waals surface area contributed by atoms with Gasteiger partial charge >= 0.3 is 19.3 Å². The molecule has 8 nitrogen and oxygen atoms in total. The first-order valence-electron chi connectivity index (χ1n) is 12.6. The van der Waals surface area contributed by atoms with Crippen LogP contribution in [0.15, 0.2) is 47.4 Å². The maximum Gasteiger partial charge on any atom is 0.494 e. The zero-order chi connectivity index (χ0) is 28.5. The summed E-state index contributed by atoms with van der Waals surface area (Å²) in [6.07, 6.45) is -4.76. The van der Waals surface area contributed by atoms with Crippen LogP contribution in [0.25, 0.3) is 0 Å². The summed E-state index contributed by atoms with van der Waals surface area (Å²) in [4.78, 5) is 10.8. The van der Waals surface area contributed by atoms with Crippen LogP contribution < -0.4 is 14.5 Å². The van der Waals surface area contributed by atoms with Crippen molar-refractivity contribution in [2.45, 2.75) is 68.9 Å². The van der Waals surface area contributed by atoms with Gasteiger partial charge in [0.15, 0.2) is 0 Å². The number of rotatable bonds is 5. The number of anilines is 1. The van der Waals surface area contributed by atoms with Gasteiger partial charge in [-0.25, -0.2) is 8.42 Å². The number of sulfonamides is 1. The lowest BCUT2D eigenvalue weighted by Gasteiger charge is -2.43. The zero-order valence-corrected chi connectivity index (χ0v) is 22.7. The molecule has 5 rings (SSSR count). The fourth-order valence-corrected chi connectivity index (χ4v) is 6.54. The van der Waals surface area contributed by atoms with Gasteiger partial charge in [-0.2, -0.15) is 13.2 Å². The SMILES string of the molecule is CC1(C)OB(c2ccc3c(c2)N(S(=O)(=O)c2cccc(C(F)(F)F)c2)C[C@H](C2CC(C(=O)O)C2)O3)OC1(C)C. The number of fused-ring (bicyclic) bond motifs is 1. The molecule has 2 heterocycles. The van der Waals surface area contributed by atoms with Crippen molar-refractivity contribution in [3.63, 3.8) is 0 Å². The van der Waals surface area contributed by atoms with Crippen molar-refractivity contribution < 1.29 is 45.5 Å². The molecule has 2 fully saturated rings. The molecule has 0 amide bonds. The van der Waals surface area contributed by atoms with E-state index >= 15 is 0 Å². The average Bonchev–Trinajstić information content (AvgIpc) is 3.03. The van der Waals surface area contributed by atoms with Crippen molar-refractivity contribution in [2.75, 3.05) is 10.8 Å². The second kappa shape index (κ2) is 9.14. The number of hydrogen-bond donors (Lipinski definition) is 1. The standard InChI is InChI=1S/C26H29BF3NO7S/c1-24(2)25(3,4)38-27(37-24)18-8-9-21-20(13-18)31(14-22(36-21)15-10-16(11-15)23(32)33)39(34,35)19-7-5-6-17(12-19)26(28,29)30/h5-9,12-13,15-16,22H,10-11,14H2,1-4H3,(H,32,33)/t15?,16?,22-/m1/s1. The molecule has 0 radical (unpaired) electrons. The number of alkyl halides is 3. The van der Waals surface area contributed by atoms with E-state index in [1.807, 2.05) is 27.7 Å². The van der Waals surface area contributed by atoms with Crippen LogP contribution in [0.1, 0.15) is 46.1 Å². The van der Waals surface area contributed by atoms with Crippen molar-refractivity contribution in [1.29, 1.82) is 0 Å². The Labute approximate surface area is 225 Å². The van der Waals surface area contributed by atoms with Gasteiger partial charge in [-0.05, 0) is 82.2 Å². The number of aliphatic carboxylic acids is 1. The number of ether oxygens (including phenoxy) is 1. The predicted octanol–water partition coefficient (Wildman–Crippen LogP) is 4.07. The van der Waals surface area contributed by atoms with E-state index in [1.54, 1.807) is 18.2 Å². The molecule has 1 saturated carbocycles. The van der Waals surface area contributed by atoms with Crippen molar-refractivity contribution >= 4 is 34.3 Å². The van der Waals surface area contributed by atoms with Crippen LogP contribution in [-0.2, 0) is 30.3 Å². The largest absolute Gasteiger partial charge is 0.494 e. The Balaban J connectivity index is 1.54. The second-order valence-electron chi connectivity index (χ2n) is 11.3. The highest BCUT2D eigenvalue weighted by Crippen LogP contribution is 2.45. The van der Waals surface area contributed by atoms with Gasteiger partial charge in [0.2, 0.25) is 0 Å². The van der Waals surface area contributed by atoms with E-state index in [0.29, 0.717) is 24.4 Å². The first-order chi connectivity index (χ1) is 18.0. The Hall–Kier alpha value is -2.77. The summed E-state index contributed by atoms with van der Waals surface area (Å²) in [6, 6.07) is 8.44. The second-order valence-corrected chi connectivity index (χ2v) is 13.2. The quantitative estimate of drug-likeness (QED) is 0.544. The van der Waals surface area contributed by atoms with Crippen molar-refractivity contribution in [3.8, 4) is 5.75 Å². The molecule has 3 aliphatic rings. The number of nitrogens with zero attached hydrogens (tertiary/aromatic N) is 1. The van der Waals surface area contributed by atoms with Crippen LogP contribution in [0.5, 0.6) is 5.75 Å². The molecule has 0 unspecified atom stereocenters. The molecule has 0 spiro atoms. The number of carboxylic acid groups (broad SMARTS) is 1. The number of carbonyl (C=O) groups is 1. The van der Waals surface area contributed by atoms with Crippen LogP contribution in [0.4, 0.5) is 18.9 Å². The van der Waals surface area contributed by atoms with Gasteiger partial charge in [0.05, 0.1) is 39.8 Å². The first kappa shape index (κ1) is 27.8. The minimum Gasteiger partial charge on any atom is -0.486 e. The Morgan fingerprint density at radius 2 is 1.69 bits per heavy atom. The minimum atomic E-state index is -4.72. The summed E-state index contributed by atoms with van der Waals surface area (Å²) >= 11 is 0. The molecular formula is C26H29BF3NO7S. The minimum absolute atomic E-state index is 0.144. The Morgan fingerprint density at radius 1 is 1.05 bits per heavy atom. The van der Waals surface area contributed by atoms with Crippen molar-refractivity contribution in [3.05, 3.63) is 48.0 Å². The number of carboxylic acids is 1. The van der Waals surface area contributed by atoms with Gasteiger partial charge in [0.25, 0.3) is 10.0 Å². The molecule has 1 N–H and O–H groups in total. The first-order valence-corrected chi connectivity index (χ1v) is 14.0. The molecule has 2 aliphatic heterocycles. The monoisotopic (exact) mass is 567 g/mol. The van der Waals surface area contributed by atoms with E-state index in [1.165, 1.54) is 0 Å². The molecule has 13 heteroatoms. The Kier molecular flexibility index (Phi) is 6.51. The van der Waals surface area contributed by atoms with Crippen LogP contribution in [0.2, 0.25) is 0 Å². The summed E-state index contributed by atoms with van der Waals surface area (Å²) in [5.74, 6) is -1.47. The van der Waals surface area contributed by atoms with Crippen LogP contribution >= 0.6 is 0 Å². The lowest BCUT2D eigenvalue weighted by atomic mass is 9.71. The summed E-state index contributed by atoms with van der Waals surface area (Å²) in [5, 5.41) is 9.27. The molecule has 0 aromatic heterocycles. The normalized spacial score (nSPS) is 26.0. The highest BCUT2D eigenvalue weighted by atomic mass is 32.2. The molecule has 1 atom stereocenters. The van der Waals surface area contributed by atoms with Gasteiger partial charge in [-0.1, -0.05) is 12.1 Å². The third-order valence-corrected chi connectivity index (χ3v) is 9.98. The number of hydrogen-bond acceptors (Lipinski definition) is 6. The van der Waals surface area contributed by atoms with Crippen molar-refractivity contribution in [2.24, 2.45) is 11.8 Å². The van der Waals surface area contributed by atoms with Crippen LogP contribution in [-0.4, -0.2) is 50.5 Å². The van der Waals surface area contributed by atoms with E-state index in [2.05, 4.69) is 0 Å². The van der Waals surface area contributed by atoms with Gasteiger partial charge in [-0.15, -0.1) is 0 Å². The molecular weight excluding hydrogens is 538 g/mol. The van der Waals surface area contributed by atoms with Gasteiger partial charge < -0.3 is 19.2 Å². The van der Waals surface area contributed by atoms with E-state index in [9.17, 15) is 31.5 Å². The zero-order valence-electron chi connectivity index (χ0n) is 21.9. The van der Waals surface area contributed by atoms with Gasteiger partial charge in [0.1, 0.15) is 11.9 Å². The maximum absolute atomic E-state index is 13.9. The summed E-state index contributed by atoms with van der Waals surface area (Å²) < 4.78 is 87.4. The molecule has 1 saturated heterocycles. The summed E-state index contributed by atoms with van der Waals surface area (Å²) in [5.41, 5.74) is -1.71. The summed E-state index contributed by atoms with van der Waals surface area (Å²) in [6.45, 7) is 7.34. The van der Waals surface area contributed by atoms with Gasteiger partial charge in [-0.3, -0.25) is 9.10 Å². The predicted molar refractivity (Wildman–Crippen MR) is 136 cm³/mol. The van der Waals surface area contributed by atoms with Gasteiger partial charge in [0, 0.05) is 0 Å². The lowest BCUT2D eigenvalue weighted by Crippen LogP contribution is -2.51. The highest BCUT2D eigenvalue weighted by molar-refractivity contribution is 7.92. The fourth-order valence-electron chi connectivity index (χ4n) is 5.02. The van der Waals surface area contributed by atoms with Crippen molar-refractivity contribution in [1.82, 2.24) is 0 Å². The Bertz CT molecular complexity index is 1390. The van der Waals surface area contributed by atoms with E-state index in [0.717, 1.165) is 22.5 Å².